The van der Waals surface area contributed by atoms with Crippen molar-refractivity contribution in [2.24, 2.45) is 5.73 Å². The Balaban J connectivity index is 2.66. The average Bonchev–Trinajstić information content (AvgIpc) is 2.54. The van der Waals surface area contributed by atoms with Crippen LogP contribution in [-0.4, -0.2) is 25.2 Å². The fourth-order valence-corrected chi connectivity index (χ4v) is 2.88. The largest absolute Gasteiger partial charge is 0.463 e. The van der Waals surface area contributed by atoms with Crippen molar-refractivity contribution in [3.63, 3.8) is 0 Å². The average molecular weight is 345 g/mol. The van der Waals surface area contributed by atoms with Crippen LogP contribution in [0.5, 0.6) is 0 Å². The summed E-state index contributed by atoms with van der Waals surface area (Å²) in [5.41, 5.74) is 8.05. The molecule has 0 bridgehead atoms. The van der Waals surface area contributed by atoms with E-state index in [9.17, 15) is 9.59 Å². The number of aryl methyl sites for hydroxylation is 1. The summed E-state index contributed by atoms with van der Waals surface area (Å²) < 4.78 is 15.8. The molecular formula is C19H23NO5. The topological polar surface area (TPSA) is 87.9 Å². The quantitative estimate of drug-likeness (QED) is 0.826. The smallest absolute Gasteiger partial charge is 0.340 e. The van der Waals surface area contributed by atoms with Crippen molar-refractivity contribution in [2.75, 3.05) is 13.2 Å². The summed E-state index contributed by atoms with van der Waals surface area (Å²) in [6.45, 7) is 7.36. The van der Waals surface area contributed by atoms with Crippen LogP contribution in [-0.2, 0) is 23.8 Å². The highest BCUT2D eigenvalue weighted by molar-refractivity contribution is 5.99. The molecule has 1 aliphatic heterocycles. The summed E-state index contributed by atoms with van der Waals surface area (Å²) in [6.07, 6.45) is 0. The molecule has 1 atom stereocenters. The number of ether oxygens (including phenoxy) is 3. The van der Waals surface area contributed by atoms with E-state index in [1.807, 2.05) is 31.2 Å². The number of hydrogen-bond donors (Lipinski definition) is 1. The number of allylic oxidation sites excluding steroid dienone is 1. The molecule has 0 aromatic heterocycles. The Bertz CT molecular complexity index is 708. The van der Waals surface area contributed by atoms with Crippen molar-refractivity contribution in [1.29, 1.82) is 0 Å². The molecule has 0 aliphatic carbocycles. The summed E-state index contributed by atoms with van der Waals surface area (Å²) in [4.78, 5) is 25.1. The molecule has 0 saturated carbocycles. The zero-order chi connectivity index (χ0) is 18.6. The lowest BCUT2D eigenvalue weighted by Gasteiger charge is -2.29. The number of carbonyl (C=O) groups is 2. The third-order valence-electron chi connectivity index (χ3n) is 3.98. The number of rotatable bonds is 5. The van der Waals surface area contributed by atoms with Gasteiger partial charge in [0, 0.05) is 0 Å². The van der Waals surface area contributed by atoms with Crippen molar-refractivity contribution in [3.05, 3.63) is 58.2 Å². The van der Waals surface area contributed by atoms with E-state index in [1.54, 1.807) is 20.8 Å². The highest BCUT2D eigenvalue weighted by atomic mass is 16.5. The number of esters is 2. The van der Waals surface area contributed by atoms with E-state index in [2.05, 4.69) is 0 Å². The first-order valence-corrected chi connectivity index (χ1v) is 8.20. The number of benzene rings is 1. The molecule has 25 heavy (non-hydrogen) atoms. The second kappa shape index (κ2) is 7.88. The van der Waals surface area contributed by atoms with E-state index < -0.39 is 17.9 Å². The second-order valence-corrected chi connectivity index (χ2v) is 5.58. The first-order valence-electron chi connectivity index (χ1n) is 8.20. The van der Waals surface area contributed by atoms with Gasteiger partial charge in [0.15, 0.2) is 0 Å². The Morgan fingerprint density at radius 3 is 2.16 bits per heavy atom. The van der Waals surface area contributed by atoms with Gasteiger partial charge in [0.1, 0.15) is 11.3 Å². The van der Waals surface area contributed by atoms with Gasteiger partial charge in [-0.25, -0.2) is 9.59 Å². The molecule has 2 rings (SSSR count). The molecule has 0 saturated heterocycles. The summed E-state index contributed by atoms with van der Waals surface area (Å²) in [5.74, 6) is -1.59. The van der Waals surface area contributed by atoms with Gasteiger partial charge in [-0.3, -0.25) is 0 Å². The van der Waals surface area contributed by atoms with Gasteiger partial charge >= 0.3 is 11.9 Å². The Kier molecular flexibility index (Phi) is 5.85. The highest BCUT2D eigenvalue weighted by Gasteiger charge is 2.40. The maximum absolute atomic E-state index is 12.6. The second-order valence-electron chi connectivity index (χ2n) is 5.58. The van der Waals surface area contributed by atoms with Crippen LogP contribution in [0.25, 0.3) is 0 Å². The maximum Gasteiger partial charge on any atom is 0.340 e. The van der Waals surface area contributed by atoms with E-state index in [4.69, 9.17) is 19.9 Å². The Morgan fingerprint density at radius 1 is 1.04 bits per heavy atom. The monoisotopic (exact) mass is 345 g/mol. The fraction of sp³-hybridized carbons (Fsp3) is 0.368. The van der Waals surface area contributed by atoms with Crippen molar-refractivity contribution < 1.29 is 23.8 Å². The fourth-order valence-electron chi connectivity index (χ4n) is 2.88. The van der Waals surface area contributed by atoms with Gasteiger partial charge in [-0.05, 0) is 38.8 Å². The minimum absolute atomic E-state index is 0.0581. The van der Waals surface area contributed by atoms with E-state index >= 15 is 0 Å². The molecule has 6 heteroatoms. The lowest BCUT2D eigenvalue weighted by molar-refractivity contribution is -0.140. The molecule has 1 heterocycles. The van der Waals surface area contributed by atoms with Crippen LogP contribution >= 0.6 is 0 Å². The molecule has 1 aromatic rings. The Hall–Kier alpha value is -2.76. The lowest BCUT2D eigenvalue weighted by Crippen LogP contribution is -2.30. The van der Waals surface area contributed by atoms with Crippen LogP contribution < -0.4 is 5.73 Å². The Morgan fingerprint density at radius 2 is 1.60 bits per heavy atom. The van der Waals surface area contributed by atoms with E-state index in [0.717, 1.165) is 11.1 Å². The molecule has 6 nitrogen and oxygen atoms in total. The maximum atomic E-state index is 12.6. The van der Waals surface area contributed by atoms with E-state index in [1.165, 1.54) is 0 Å². The van der Waals surface area contributed by atoms with Gasteiger partial charge in [-0.15, -0.1) is 0 Å². The molecular weight excluding hydrogens is 322 g/mol. The van der Waals surface area contributed by atoms with E-state index in [-0.39, 0.29) is 30.2 Å². The zero-order valence-corrected chi connectivity index (χ0v) is 14.9. The van der Waals surface area contributed by atoms with Gasteiger partial charge in [0.05, 0.1) is 24.7 Å². The van der Waals surface area contributed by atoms with Crippen molar-refractivity contribution in [2.45, 2.75) is 33.6 Å². The molecule has 0 fully saturated rings. The first kappa shape index (κ1) is 18.6. The van der Waals surface area contributed by atoms with Crippen LogP contribution in [0.3, 0.4) is 0 Å². The molecule has 1 aliphatic rings. The number of nitrogens with two attached hydrogens (primary N) is 1. The molecule has 0 spiro atoms. The third-order valence-corrected chi connectivity index (χ3v) is 3.98. The van der Waals surface area contributed by atoms with Crippen LogP contribution in [0.1, 0.15) is 37.8 Å². The predicted molar refractivity (Wildman–Crippen MR) is 92.2 cm³/mol. The van der Waals surface area contributed by atoms with Crippen LogP contribution in [0.15, 0.2) is 47.1 Å². The summed E-state index contributed by atoms with van der Waals surface area (Å²) >= 11 is 0. The van der Waals surface area contributed by atoms with Gasteiger partial charge in [-0.2, -0.15) is 0 Å². The number of carbonyl (C=O) groups excluding carboxylic acids is 2. The molecule has 2 N–H and O–H groups in total. The van der Waals surface area contributed by atoms with Crippen molar-refractivity contribution in [3.8, 4) is 0 Å². The molecule has 1 aromatic carbocycles. The highest BCUT2D eigenvalue weighted by Crippen LogP contribution is 2.41. The molecule has 0 amide bonds. The summed E-state index contributed by atoms with van der Waals surface area (Å²) in [5, 5.41) is 0. The molecule has 0 unspecified atom stereocenters. The van der Waals surface area contributed by atoms with Crippen LogP contribution in [0.4, 0.5) is 0 Å². The van der Waals surface area contributed by atoms with Crippen LogP contribution in [0, 0.1) is 6.92 Å². The van der Waals surface area contributed by atoms with Gasteiger partial charge in [-0.1, -0.05) is 24.3 Å². The van der Waals surface area contributed by atoms with Crippen molar-refractivity contribution in [1.82, 2.24) is 0 Å². The van der Waals surface area contributed by atoms with E-state index in [0.29, 0.717) is 5.76 Å². The molecule has 0 radical (unpaired) electrons. The Labute approximate surface area is 147 Å². The number of hydrogen-bond acceptors (Lipinski definition) is 6. The minimum Gasteiger partial charge on any atom is -0.463 e. The SMILES string of the molecule is CCOC(=O)C1=C(C)OC(N)=C(C(=O)OCC)[C@H]1c1ccccc1C. The minimum atomic E-state index is -0.701. The third kappa shape index (κ3) is 3.68. The zero-order valence-electron chi connectivity index (χ0n) is 14.9. The predicted octanol–water partition coefficient (Wildman–Crippen LogP) is 2.68. The van der Waals surface area contributed by atoms with Crippen LogP contribution in [0.2, 0.25) is 0 Å². The van der Waals surface area contributed by atoms with Gasteiger partial charge in [0.2, 0.25) is 5.88 Å². The normalized spacial score (nSPS) is 17.2. The van der Waals surface area contributed by atoms with Crippen molar-refractivity contribution >= 4 is 11.9 Å². The summed E-state index contributed by atoms with van der Waals surface area (Å²) in [7, 11) is 0. The molecule has 134 valence electrons. The van der Waals surface area contributed by atoms with Gasteiger partial charge < -0.3 is 19.9 Å². The standard InChI is InChI=1S/C19H23NO5/c1-5-23-18(21)14-12(4)25-17(20)16(19(22)24-6-2)15(14)13-10-8-7-9-11(13)3/h7-10,15H,5-6,20H2,1-4H3/t15-/m0/s1. The van der Waals surface area contributed by atoms with Gasteiger partial charge in [0.25, 0.3) is 0 Å². The first-order chi connectivity index (χ1) is 11.9. The lowest BCUT2D eigenvalue weighted by atomic mass is 9.80. The summed E-state index contributed by atoms with van der Waals surface area (Å²) in [6, 6.07) is 7.48.